The van der Waals surface area contributed by atoms with Gasteiger partial charge in [-0.25, -0.2) is 0 Å². The molecule has 0 fully saturated rings. The van der Waals surface area contributed by atoms with Crippen molar-refractivity contribution in [3.8, 4) is 17.6 Å². The number of rotatable bonds is 4. The lowest BCUT2D eigenvalue weighted by atomic mass is 9.68. The molecular weight excluding hydrogens is 370 g/mol. The number of ether oxygens (including phenoxy) is 3. The summed E-state index contributed by atoms with van der Waals surface area (Å²) in [5.41, 5.74) is 9.04. The van der Waals surface area contributed by atoms with Gasteiger partial charge in [0.05, 0.1) is 24.2 Å². The number of methoxy groups -OCH3 is 1. The molecule has 7 nitrogen and oxygen atoms in total. The smallest absolute Gasteiger partial charge is 0.231 e. The van der Waals surface area contributed by atoms with E-state index in [-0.39, 0.29) is 18.0 Å². The minimum absolute atomic E-state index is 0.0570. The highest BCUT2D eigenvalue weighted by Gasteiger charge is 2.44. The molecule has 1 atom stereocenters. The van der Waals surface area contributed by atoms with E-state index in [4.69, 9.17) is 19.9 Å². The number of Topliss-reactive ketones (excluding diaryl/α,β-unsaturated/α-hetero) is 1. The van der Waals surface area contributed by atoms with Crippen molar-refractivity contribution in [3.05, 3.63) is 46.4 Å². The van der Waals surface area contributed by atoms with Gasteiger partial charge in [0, 0.05) is 31.3 Å². The molecule has 2 aliphatic heterocycles. The van der Waals surface area contributed by atoms with Gasteiger partial charge >= 0.3 is 0 Å². The van der Waals surface area contributed by atoms with Gasteiger partial charge in [-0.1, -0.05) is 19.9 Å². The minimum atomic E-state index is -0.508. The van der Waals surface area contributed by atoms with Gasteiger partial charge in [-0.05, 0) is 29.5 Å². The number of nitrogens with two attached hydrogens (primary N) is 1. The summed E-state index contributed by atoms with van der Waals surface area (Å²) in [7, 11) is 1.62. The molecule has 4 rings (SSSR count). The Kier molecular flexibility index (Phi) is 4.75. The zero-order chi connectivity index (χ0) is 20.8. The zero-order valence-electron chi connectivity index (χ0n) is 16.9. The monoisotopic (exact) mass is 395 g/mol. The van der Waals surface area contributed by atoms with Crippen molar-refractivity contribution in [2.75, 3.05) is 27.1 Å². The van der Waals surface area contributed by atoms with E-state index in [0.717, 1.165) is 11.3 Å². The van der Waals surface area contributed by atoms with Gasteiger partial charge in [0.1, 0.15) is 5.82 Å². The van der Waals surface area contributed by atoms with Crippen LogP contribution in [0.15, 0.2) is 40.9 Å². The molecule has 7 heteroatoms. The molecule has 1 aliphatic carbocycles. The van der Waals surface area contributed by atoms with Crippen LogP contribution in [0.2, 0.25) is 0 Å². The van der Waals surface area contributed by atoms with E-state index in [1.807, 2.05) is 23.1 Å². The number of fused-ring (bicyclic) bond motifs is 1. The average Bonchev–Trinajstić information content (AvgIpc) is 3.13. The van der Waals surface area contributed by atoms with Crippen molar-refractivity contribution >= 4 is 5.78 Å². The van der Waals surface area contributed by atoms with Gasteiger partial charge < -0.3 is 24.8 Å². The Balaban J connectivity index is 1.89. The predicted octanol–water partition coefficient (Wildman–Crippen LogP) is 2.80. The van der Waals surface area contributed by atoms with E-state index in [1.165, 1.54) is 0 Å². The molecule has 0 amide bonds. The first-order valence-electron chi connectivity index (χ1n) is 9.68. The van der Waals surface area contributed by atoms with Gasteiger partial charge in [0.15, 0.2) is 17.3 Å². The molecule has 0 saturated carbocycles. The molecule has 0 saturated heterocycles. The number of carbonyl (C=O) groups excluding carboxylic acids is 1. The first-order valence-corrected chi connectivity index (χ1v) is 9.68. The second-order valence-electron chi connectivity index (χ2n) is 8.40. The van der Waals surface area contributed by atoms with E-state index < -0.39 is 5.92 Å². The van der Waals surface area contributed by atoms with Crippen LogP contribution in [0.1, 0.15) is 38.2 Å². The van der Waals surface area contributed by atoms with E-state index >= 15 is 0 Å². The van der Waals surface area contributed by atoms with Gasteiger partial charge in [0.2, 0.25) is 6.79 Å². The summed E-state index contributed by atoms with van der Waals surface area (Å²) in [6.07, 6.45) is 1.14. The van der Waals surface area contributed by atoms with Crippen LogP contribution in [0.25, 0.3) is 0 Å². The highest BCUT2D eigenvalue weighted by molar-refractivity contribution is 6.00. The fourth-order valence-corrected chi connectivity index (χ4v) is 4.44. The maximum absolute atomic E-state index is 13.3. The molecular formula is C22H25N3O4. The van der Waals surface area contributed by atoms with Crippen molar-refractivity contribution in [2.45, 2.75) is 32.6 Å². The van der Waals surface area contributed by atoms with Crippen LogP contribution in [-0.2, 0) is 9.53 Å². The van der Waals surface area contributed by atoms with Gasteiger partial charge in [-0.2, -0.15) is 5.26 Å². The third kappa shape index (κ3) is 3.23. The van der Waals surface area contributed by atoms with Crippen LogP contribution < -0.4 is 15.2 Å². The Morgan fingerprint density at radius 3 is 2.79 bits per heavy atom. The number of nitriles is 1. The summed E-state index contributed by atoms with van der Waals surface area (Å²) in [4.78, 5) is 15.2. The first-order chi connectivity index (χ1) is 13.9. The number of carbonyl (C=O) groups is 1. The van der Waals surface area contributed by atoms with E-state index in [0.29, 0.717) is 54.5 Å². The van der Waals surface area contributed by atoms with Crippen LogP contribution in [-0.4, -0.2) is 37.7 Å². The average molecular weight is 395 g/mol. The lowest BCUT2D eigenvalue weighted by molar-refractivity contribution is -0.118. The minimum Gasteiger partial charge on any atom is -0.454 e. The molecule has 29 heavy (non-hydrogen) atoms. The fraction of sp³-hybridized carbons (Fsp3) is 0.455. The number of hydrogen-bond donors (Lipinski definition) is 1. The Bertz CT molecular complexity index is 971. The van der Waals surface area contributed by atoms with Crippen LogP contribution in [0.5, 0.6) is 11.5 Å². The molecule has 1 aromatic rings. The third-order valence-electron chi connectivity index (χ3n) is 5.74. The topological polar surface area (TPSA) is 97.8 Å². The molecule has 0 aromatic heterocycles. The molecule has 2 N–H and O–H groups in total. The van der Waals surface area contributed by atoms with Crippen molar-refractivity contribution in [3.63, 3.8) is 0 Å². The summed E-state index contributed by atoms with van der Waals surface area (Å²) in [6, 6.07) is 7.81. The maximum Gasteiger partial charge on any atom is 0.231 e. The highest BCUT2D eigenvalue weighted by atomic mass is 16.7. The summed E-state index contributed by atoms with van der Waals surface area (Å²) in [6.45, 7) is 5.26. The Morgan fingerprint density at radius 1 is 1.31 bits per heavy atom. The number of ketones is 1. The lowest BCUT2D eigenvalue weighted by Gasteiger charge is -2.43. The normalized spacial score (nSPS) is 22.6. The Labute approximate surface area is 170 Å². The largest absolute Gasteiger partial charge is 0.454 e. The first kappa shape index (κ1) is 19.3. The number of hydrogen-bond acceptors (Lipinski definition) is 7. The second kappa shape index (κ2) is 7.12. The van der Waals surface area contributed by atoms with Crippen molar-refractivity contribution in [1.82, 2.24) is 4.90 Å². The number of benzene rings is 1. The summed E-state index contributed by atoms with van der Waals surface area (Å²) >= 11 is 0. The fourth-order valence-electron chi connectivity index (χ4n) is 4.44. The number of allylic oxidation sites excluding steroid dienone is 3. The molecule has 3 aliphatic rings. The van der Waals surface area contributed by atoms with Crippen molar-refractivity contribution in [1.29, 1.82) is 5.26 Å². The summed E-state index contributed by atoms with van der Waals surface area (Å²) in [5.74, 6) is 1.21. The SMILES string of the molecule is COCCN1C(N)=C(C#N)[C@H](c2ccc3c(c2)OCO3)C2=C1CC(C)(C)CC2=O. The van der Waals surface area contributed by atoms with E-state index in [2.05, 4.69) is 19.9 Å². The Morgan fingerprint density at radius 2 is 2.07 bits per heavy atom. The molecule has 0 radical (unpaired) electrons. The van der Waals surface area contributed by atoms with E-state index in [9.17, 15) is 10.1 Å². The summed E-state index contributed by atoms with van der Waals surface area (Å²) in [5, 5.41) is 9.97. The number of nitrogens with zero attached hydrogens (tertiary/aromatic N) is 2. The molecule has 0 spiro atoms. The van der Waals surface area contributed by atoms with Crippen LogP contribution >= 0.6 is 0 Å². The van der Waals surface area contributed by atoms with Gasteiger partial charge in [-0.15, -0.1) is 0 Å². The second-order valence-corrected chi connectivity index (χ2v) is 8.40. The standard InChI is InChI=1S/C22H25N3O4/c1-22(2)9-15-20(16(26)10-22)19(13-4-5-17-18(8-13)29-12-28-17)14(11-23)21(24)25(15)6-7-27-3/h4-5,8,19H,6-7,9-10,12,24H2,1-3H3/t19-/m0/s1. The van der Waals surface area contributed by atoms with Crippen LogP contribution in [0.3, 0.4) is 0 Å². The van der Waals surface area contributed by atoms with Crippen molar-refractivity contribution < 1.29 is 19.0 Å². The van der Waals surface area contributed by atoms with Gasteiger partial charge in [-0.3, -0.25) is 4.79 Å². The van der Waals surface area contributed by atoms with Crippen molar-refractivity contribution in [2.24, 2.45) is 11.1 Å². The maximum atomic E-state index is 13.3. The van der Waals surface area contributed by atoms with Crippen LogP contribution in [0.4, 0.5) is 0 Å². The quantitative estimate of drug-likeness (QED) is 0.837. The third-order valence-corrected chi connectivity index (χ3v) is 5.74. The van der Waals surface area contributed by atoms with Crippen LogP contribution in [0, 0.1) is 16.7 Å². The Hall–Kier alpha value is -2.98. The molecule has 0 bridgehead atoms. The lowest BCUT2D eigenvalue weighted by Crippen LogP contribution is -2.43. The molecule has 1 aromatic carbocycles. The zero-order valence-corrected chi connectivity index (χ0v) is 16.9. The predicted molar refractivity (Wildman–Crippen MR) is 106 cm³/mol. The molecule has 152 valence electrons. The molecule has 2 heterocycles. The van der Waals surface area contributed by atoms with E-state index in [1.54, 1.807) is 7.11 Å². The highest BCUT2D eigenvalue weighted by Crippen LogP contribution is 2.50. The molecule has 0 unspecified atom stereocenters. The summed E-state index contributed by atoms with van der Waals surface area (Å²) < 4.78 is 16.2. The van der Waals surface area contributed by atoms with Gasteiger partial charge in [0.25, 0.3) is 0 Å².